The standard InChI is InChI=1S/C11H19NO2/c1-11(2)7-9(11)8-14-12-5-3-10(13)4-6-12/h9H,3-8H2,1-2H3. The second-order valence-corrected chi connectivity index (χ2v) is 5.15. The number of hydroxylamine groups is 2. The van der Waals surface area contributed by atoms with Crippen molar-refractivity contribution >= 4 is 5.78 Å². The fourth-order valence-corrected chi connectivity index (χ4v) is 1.92. The van der Waals surface area contributed by atoms with Gasteiger partial charge in [0, 0.05) is 25.9 Å². The highest BCUT2D eigenvalue weighted by molar-refractivity contribution is 5.79. The van der Waals surface area contributed by atoms with Crippen molar-refractivity contribution in [2.24, 2.45) is 11.3 Å². The van der Waals surface area contributed by atoms with Gasteiger partial charge in [-0.2, -0.15) is 5.06 Å². The van der Waals surface area contributed by atoms with E-state index >= 15 is 0 Å². The lowest BCUT2D eigenvalue weighted by Gasteiger charge is -2.25. The highest BCUT2D eigenvalue weighted by atomic mass is 16.7. The van der Waals surface area contributed by atoms with E-state index in [2.05, 4.69) is 13.8 Å². The van der Waals surface area contributed by atoms with Crippen molar-refractivity contribution in [3.05, 3.63) is 0 Å². The van der Waals surface area contributed by atoms with Crippen LogP contribution in [-0.4, -0.2) is 30.5 Å². The van der Waals surface area contributed by atoms with Crippen LogP contribution >= 0.6 is 0 Å². The lowest BCUT2D eigenvalue weighted by molar-refractivity contribution is -0.176. The molecular weight excluding hydrogens is 178 g/mol. The molecule has 14 heavy (non-hydrogen) atoms. The van der Waals surface area contributed by atoms with Crippen LogP contribution in [0.15, 0.2) is 0 Å². The van der Waals surface area contributed by atoms with Gasteiger partial charge in [-0.1, -0.05) is 13.8 Å². The molecule has 1 atom stereocenters. The summed E-state index contributed by atoms with van der Waals surface area (Å²) < 4.78 is 0. The maximum Gasteiger partial charge on any atom is 0.135 e. The largest absolute Gasteiger partial charge is 0.300 e. The first kappa shape index (κ1) is 10.1. The molecule has 1 aliphatic carbocycles. The molecule has 1 aliphatic heterocycles. The average Bonchev–Trinajstić information content (AvgIpc) is 2.73. The van der Waals surface area contributed by atoms with E-state index < -0.39 is 0 Å². The number of hydrogen-bond acceptors (Lipinski definition) is 3. The fourth-order valence-electron chi connectivity index (χ4n) is 1.92. The number of carbonyl (C=O) groups excluding carboxylic acids is 1. The summed E-state index contributed by atoms with van der Waals surface area (Å²) in [5, 5.41) is 1.95. The van der Waals surface area contributed by atoms with E-state index in [9.17, 15) is 4.79 Å². The Bertz CT molecular complexity index is 227. The second kappa shape index (κ2) is 3.63. The second-order valence-electron chi connectivity index (χ2n) is 5.15. The van der Waals surface area contributed by atoms with Crippen molar-refractivity contribution in [2.75, 3.05) is 19.7 Å². The lowest BCUT2D eigenvalue weighted by atomic mass is 10.1. The van der Waals surface area contributed by atoms with Gasteiger partial charge in [0.2, 0.25) is 0 Å². The smallest absolute Gasteiger partial charge is 0.135 e. The summed E-state index contributed by atoms with van der Waals surface area (Å²) in [6.45, 7) is 6.96. The van der Waals surface area contributed by atoms with Crippen LogP contribution in [0.25, 0.3) is 0 Å². The zero-order valence-corrected chi connectivity index (χ0v) is 9.08. The minimum absolute atomic E-state index is 0.372. The maximum absolute atomic E-state index is 11.0. The first-order chi connectivity index (χ1) is 6.58. The first-order valence-electron chi connectivity index (χ1n) is 5.47. The van der Waals surface area contributed by atoms with Crippen molar-refractivity contribution in [2.45, 2.75) is 33.1 Å². The molecule has 3 heteroatoms. The lowest BCUT2D eigenvalue weighted by Crippen LogP contribution is -2.34. The Balaban J connectivity index is 1.65. The van der Waals surface area contributed by atoms with Crippen LogP contribution in [0.2, 0.25) is 0 Å². The molecule has 0 bridgehead atoms. The van der Waals surface area contributed by atoms with E-state index in [1.54, 1.807) is 0 Å². The Morgan fingerprint density at radius 3 is 2.50 bits per heavy atom. The minimum atomic E-state index is 0.372. The molecule has 1 saturated carbocycles. The van der Waals surface area contributed by atoms with Gasteiger partial charge in [0.25, 0.3) is 0 Å². The van der Waals surface area contributed by atoms with E-state index in [1.807, 2.05) is 5.06 Å². The Morgan fingerprint density at radius 2 is 2.00 bits per heavy atom. The molecule has 0 aromatic carbocycles. The van der Waals surface area contributed by atoms with Crippen molar-refractivity contribution in [1.29, 1.82) is 0 Å². The average molecular weight is 197 g/mol. The van der Waals surface area contributed by atoms with E-state index in [0.29, 0.717) is 24.0 Å². The predicted molar refractivity (Wildman–Crippen MR) is 53.7 cm³/mol. The van der Waals surface area contributed by atoms with Crippen LogP contribution in [0.3, 0.4) is 0 Å². The van der Waals surface area contributed by atoms with Crippen molar-refractivity contribution in [3.8, 4) is 0 Å². The van der Waals surface area contributed by atoms with Crippen molar-refractivity contribution in [1.82, 2.24) is 5.06 Å². The molecule has 3 nitrogen and oxygen atoms in total. The third-order valence-electron chi connectivity index (χ3n) is 3.46. The molecule has 0 N–H and O–H groups in total. The van der Waals surface area contributed by atoms with Gasteiger partial charge in [0.05, 0.1) is 6.61 Å². The predicted octanol–water partition coefficient (Wildman–Crippen LogP) is 1.63. The van der Waals surface area contributed by atoms with Gasteiger partial charge in [-0.15, -0.1) is 0 Å². The molecular formula is C11H19NO2. The minimum Gasteiger partial charge on any atom is -0.300 e. The van der Waals surface area contributed by atoms with Crippen LogP contribution in [-0.2, 0) is 9.63 Å². The summed E-state index contributed by atoms with van der Waals surface area (Å²) >= 11 is 0. The number of carbonyl (C=O) groups is 1. The van der Waals surface area contributed by atoms with E-state index in [-0.39, 0.29) is 0 Å². The maximum atomic E-state index is 11.0. The zero-order chi connectivity index (χ0) is 10.2. The SMILES string of the molecule is CC1(C)CC1CON1CCC(=O)CC1. The molecule has 80 valence electrons. The molecule has 0 aromatic rings. The number of rotatable bonds is 3. The molecule has 0 amide bonds. The highest BCUT2D eigenvalue weighted by Crippen LogP contribution is 2.51. The Morgan fingerprint density at radius 1 is 1.43 bits per heavy atom. The summed E-state index contributed by atoms with van der Waals surface area (Å²) in [6, 6.07) is 0. The van der Waals surface area contributed by atoms with Crippen LogP contribution in [0.4, 0.5) is 0 Å². The van der Waals surface area contributed by atoms with Gasteiger partial charge in [-0.3, -0.25) is 9.63 Å². The third-order valence-corrected chi connectivity index (χ3v) is 3.46. The van der Waals surface area contributed by atoms with Gasteiger partial charge in [-0.25, -0.2) is 0 Å². The molecule has 2 fully saturated rings. The normalized spacial score (nSPS) is 31.9. The van der Waals surface area contributed by atoms with Crippen LogP contribution < -0.4 is 0 Å². The molecule has 0 aromatic heterocycles. The van der Waals surface area contributed by atoms with Gasteiger partial charge in [0.15, 0.2) is 0 Å². The number of hydrogen-bond donors (Lipinski definition) is 0. The summed E-state index contributed by atoms with van der Waals surface area (Å²) in [5.41, 5.74) is 0.492. The molecule has 1 saturated heterocycles. The van der Waals surface area contributed by atoms with Crippen molar-refractivity contribution in [3.63, 3.8) is 0 Å². The number of Topliss-reactive ketones (excluding diaryl/α,β-unsaturated/α-hetero) is 1. The first-order valence-corrected chi connectivity index (χ1v) is 5.47. The van der Waals surface area contributed by atoms with Gasteiger partial charge in [0.1, 0.15) is 5.78 Å². The summed E-state index contributed by atoms with van der Waals surface area (Å²) in [5.74, 6) is 1.09. The molecule has 0 radical (unpaired) electrons. The monoisotopic (exact) mass is 197 g/mol. The van der Waals surface area contributed by atoms with E-state index in [0.717, 1.165) is 25.6 Å². The summed E-state index contributed by atoms with van der Waals surface area (Å²) in [4.78, 5) is 16.7. The Hall–Kier alpha value is -0.410. The number of nitrogens with zero attached hydrogens (tertiary/aromatic N) is 1. The molecule has 0 spiro atoms. The Kier molecular flexibility index (Phi) is 2.62. The van der Waals surface area contributed by atoms with Crippen LogP contribution in [0.1, 0.15) is 33.1 Å². The van der Waals surface area contributed by atoms with Crippen LogP contribution in [0, 0.1) is 11.3 Å². The quantitative estimate of drug-likeness (QED) is 0.688. The van der Waals surface area contributed by atoms with Gasteiger partial charge >= 0.3 is 0 Å². The number of ketones is 1. The topological polar surface area (TPSA) is 29.5 Å². The molecule has 1 unspecified atom stereocenters. The molecule has 1 heterocycles. The summed E-state index contributed by atoms with van der Waals surface area (Å²) in [6.07, 6.45) is 2.60. The summed E-state index contributed by atoms with van der Waals surface area (Å²) in [7, 11) is 0. The van der Waals surface area contributed by atoms with Gasteiger partial charge in [-0.05, 0) is 17.8 Å². The van der Waals surface area contributed by atoms with Crippen molar-refractivity contribution < 1.29 is 9.63 Å². The highest BCUT2D eigenvalue weighted by Gasteiger charge is 2.45. The van der Waals surface area contributed by atoms with E-state index in [4.69, 9.17) is 4.84 Å². The molecule has 2 aliphatic rings. The number of piperidine rings is 1. The van der Waals surface area contributed by atoms with E-state index in [1.165, 1.54) is 6.42 Å². The van der Waals surface area contributed by atoms with Gasteiger partial charge < -0.3 is 0 Å². The Labute approximate surface area is 85.4 Å². The molecule has 2 rings (SSSR count). The fraction of sp³-hybridized carbons (Fsp3) is 0.909. The third kappa shape index (κ3) is 2.34. The zero-order valence-electron chi connectivity index (χ0n) is 9.08. The van der Waals surface area contributed by atoms with Crippen LogP contribution in [0.5, 0.6) is 0 Å².